The predicted molar refractivity (Wildman–Crippen MR) is 86.9 cm³/mol. The average molecular weight is 371 g/mol. The molecule has 0 radical (unpaired) electrons. The molecule has 0 bridgehead atoms. The number of ether oxygens (including phenoxy) is 1. The normalized spacial score (nSPS) is 16.1. The summed E-state index contributed by atoms with van der Waals surface area (Å²) in [5.41, 5.74) is -0.944. The van der Waals surface area contributed by atoms with Crippen molar-refractivity contribution in [2.24, 2.45) is 0 Å². The minimum absolute atomic E-state index is 0.0203. The lowest BCUT2D eigenvalue weighted by Gasteiger charge is -2.24. The van der Waals surface area contributed by atoms with Crippen LogP contribution in [0.25, 0.3) is 11.4 Å². The molecule has 3 rings (SSSR count). The number of nitrogens with zero attached hydrogens (tertiary/aromatic N) is 2. The van der Waals surface area contributed by atoms with E-state index in [2.05, 4.69) is 9.97 Å². The van der Waals surface area contributed by atoms with Gasteiger partial charge in [-0.05, 0) is 43.9 Å². The second kappa shape index (κ2) is 6.53. The number of carbonyl (C=O) groups is 1. The molecule has 8 heteroatoms. The molecule has 5 nitrogen and oxygen atoms in total. The monoisotopic (exact) mass is 370 g/mol. The van der Waals surface area contributed by atoms with E-state index < -0.39 is 17.4 Å². The summed E-state index contributed by atoms with van der Waals surface area (Å²) < 4.78 is 19.3. The summed E-state index contributed by atoms with van der Waals surface area (Å²) in [5.74, 6) is -1.47. The minimum Gasteiger partial charge on any atom is -0.478 e. The van der Waals surface area contributed by atoms with Crippen molar-refractivity contribution in [3.05, 3.63) is 40.3 Å². The molecule has 1 heterocycles. The first-order valence-electron chi connectivity index (χ1n) is 7.32. The molecule has 0 spiro atoms. The van der Waals surface area contributed by atoms with E-state index in [-0.39, 0.29) is 21.9 Å². The van der Waals surface area contributed by atoms with Crippen molar-refractivity contribution < 1.29 is 19.0 Å². The van der Waals surface area contributed by atoms with Gasteiger partial charge in [0.1, 0.15) is 11.0 Å². The van der Waals surface area contributed by atoms with Crippen molar-refractivity contribution >= 4 is 29.2 Å². The molecule has 0 amide bonds. The lowest BCUT2D eigenvalue weighted by atomic mass is 10.0. The van der Waals surface area contributed by atoms with Crippen LogP contribution in [0.1, 0.15) is 25.7 Å². The van der Waals surface area contributed by atoms with Crippen molar-refractivity contribution in [2.75, 3.05) is 0 Å². The molecule has 1 fully saturated rings. The van der Waals surface area contributed by atoms with Crippen LogP contribution in [-0.4, -0.2) is 26.6 Å². The largest absolute Gasteiger partial charge is 0.478 e. The Morgan fingerprint density at radius 1 is 1.21 bits per heavy atom. The third-order valence-corrected chi connectivity index (χ3v) is 4.45. The van der Waals surface area contributed by atoms with Crippen molar-refractivity contribution in [1.82, 2.24) is 9.97 Å². The van der Waals surface area contributed by atoms with Gasteiger partial charge in [-0.1, -0.05) is 23.2 Å². The van der Waals surface area contributed by atoms with Crippen LogP contribution in [0.15, 0.2) is 24.3 Å². The van der Waals surface area contributed by atoms with E-state index in [9.17, 15) is 14.3 Å². The highest BCUT2D eigenvalue weighted by atomic mass is 35.5. The molecule has 2 aromatic rings. The molecular weight excluding hydrogens is 358 g/mol. The molecule has 0 saturated heterocycles. The summed E-state index contributed by atoms with van der Waals surface area (Å²) in [6, 6.07) is 5.46. The Hall–Kier alpha value is -1.92. The van der Waals surface area contributed by atoms with Gasteiger partial charge in [0, 0.05) is 11.6 Å². The lowest BCUT2D eigenvalue weighted by Crippen LogP contribution is -2.42. The Morgan fingerprint density at radius 2 is 1.92 bits per heavy atom. The second-order valence-electron chi connectivity index (χ2n) is 5.59. The van der Waals surface area contributed by atoms with E-state index in [1.54, 1.807) is 6.07 Å². The van der Waals surface area contributed by atoms with Gasteiger partial charge in [-0.15, -0.1) is 0 Å². The molecule has 0 aliphatic heterocycles. The van der Waals surface area contributed by atoms with E-state index in [1.807, 2.05) is 0 Å². The maximum Gasteiger partial charge on any atom is 0.348 e. The number of carboxylic acid groups (broad SMARTS) is 1. The second-order valence-corrected chi connectivity index (χ2v) is 6.38. The molecule has 1 aliphatic rings. The van der Waals surface area contributed by atoms with Crippen LogP contribution in [0.3, 0.4) is 0 Å². The van der Waals surface area contributed by atoms with E-state index >= 15 is 0 Å². The van der Waals surface area contributed by atoms with Crippen LogP contribution in [0.2, 0.25) is 10.2 Å². The first kappa shape index (κ1) is 16.9. The summed E-state index contributed by atoms with van der Waals surface area (Å²) in [6.07, 6.45) is 2.32. The van der Waals surface area contributed by atoms with Crippen molar-refractivity contribution in [2.45, 2.75) is 31.3 Å². The fraction of sp³-hybridized carbons (Fsp3) is 0.312. The van der Waals surface area contributed by atoms with Gasteiger partial charge in [-0.2, -0.15) is 4.98 Å². The Balaban J connectivity index is 1.97. The zero-order valence-corrected chi connectivity index (χ0v) is 13.9. The third kappa shape index (κ3) is 3.30. The van der Waals surface area contributed by atoms with E-state index in [1.165, 1.54) is 18.2 Å². The van der Waals surface area contributed by atoms with Crippen molar-refractivity contribution in [1.29, 1.82) is 0 Å². The molecule has 1 N–H and O–H groups in total. The van der Waals surface area contributed by atoms with E-state index in [4.69, 9.17) is 27.9 Å². The molecule has 24 heavy (non-hydrogen) atoms. The molecule has 1 aromatic heterocycles. The Bertz CT molecular complexity index is 795. The molecule has 0 unspecified atom stereocenters. The van der Waals surface area contributed by atoms with Gasteiger partial charge in [-0.3, -0.25) is 0 Å². The highest BCUT2D eigenvalue weighted by Gasteiger charge is 2.44. The van der Waals surface area contributed by atoms with Crippen LogP contribution in [-0.2, 0) is 4.79 Å². The standard InChI is InChI=1S/C16H13Cl2FN2O3/c17-10-4-3-9(7-11(10)19)14-20-12(18)8-13(21-14)24-16(15(22)23)5-1-2-6-16/h3-4,7-8H,1-2,5-6H2,(H,22,23). The van der Waals surface area contributed by atoms with Gasteiger partial charge in [0.15, 0.2) is 5.82 Å². The van der Waals surface area contributed by atoms with Gasteiger partial charge in [0.2, 0.25) is 11.5 Å². The minimum atomic E-state index is -1.31. The zero-order valence-electron chi connectivity index (χ0n) is 12.4. The SMILES string of the molecule is O=C(O)C1(Oc2cc(Cl)nc(-c3ccc(Cl)c(F)c3)n2)CCCC1. The van der Waals surface area contributed by atoms with Crippen molar-refractivity contribution in [3.8, 4) is 17.3 Å². The first-order valence-corrected chi connectivity index (χ1v) is 8.08. The Morgan fingerprint density at radius 3 is 2.54 bits per heavy atom. The summed E-state index contributed by atoms with van der Waals surface area (Å²) >= 11 is 11.6. The van der Waals surface area contributed by atoms with Crippen LogP contribution >= 0.6 is 23.2 Å². The maximum atomic E-state index is 13.6. The number of benzene rings is 1. The Kier molecular flexibility index (Phi) is 4.60. The molecular formula is C16H13Cl2FN2O3. The van der Waals surface area contributed by atoms with E-state index in [0.29, 0.717) is 18.4 Å². The molecule has 1 saturated carbocycles. The summed E-state index contributed by atoms with van der Waals surface area (Å²) in [4.78, 5) is 19.8. The number of halogens is 3. The number of aliphatic carboxylic acids is 1. The highest BCUT2D eigenvalue weighted by Crippen LogP contribution is 2.35. The summed E-state index contributed by atoms with van der Waals surface area (Å²) in [5, 5.41) is 9.53. The lowest BCUT2D eigenvalue weighted by molar-refractivity contribution is -0.155. The molecule has 126 valence electrons. The first-order chi connectivity index (χ1) is 11.4. The molecule has 1 aliphatic carbocycles. The summed E-state index contributed by atoms with van der Waals surface area (Å²) in [6.45, 7) is 0. The van der Waals surface area contributed by atoms with Crippen LogP contribution in [0.4, 0.5) is 4.39 Å². The van der Waals surface area contributed by atoms with Crippen LogP contribution in [0.5, 0.6) is 5.88 Å². The van der Waals surface area contributed by atoms with Gasteiger partial charge < -0.3 is 9.84 Å². The van der Waals surface area contributed by atoms with Gasteiger partial charge in [-0.25, -0.2) is 14.2 Å². The fourth-order valence-corrected chi connectivity index (χ4v) is 3.01. The number of carboxylic acids is 1. The number of rotatable bonds is 4. The van der Waals surface area contributed by atoms with Gasteiger partial charge >= 0.3 is 5.97 Å². The third-order valence-electron chi connectivity index (χ3n) is 3.95. The predicted octanol–water partition coefficient (Wildman–Crippen LogP) is 4.37. The molecule has 0 atom stereocenters. The zero-order chi connectivity index (χ0) is 17.3. The van der Waals surface area contributed by atoms with Crippen LogP contribution < -0.4 is 4.74 Å². The summed E-state index contributed by atoms with van der Waals surface area (Å²) in [7, 11) is 0. The van der Waals surface area contributed by atoms with Crippen LogP contribution in [0, 0.1) is 5.82 Å². The topological polar surface area (TPSA) is 72.3 Å². The maximum absolute atomic E-state index is 13.6. The van der Waals surface area contributed by atoms with Gasteiger partial charge in [0.25, 0.3) is 0 Å². The quantitative estimate of drug-likeness (QED) is 0.809. The number of hydrogen-bond acceptors (Lipinski definition) is 4. The number of aromatic nitrogens is 2. The molecule has 1 aromatic carbocycles. The van der Waals surface area contributed by atoms with Crippen molar-refractivity contribution in [3.63, 3.8) is 0 Å². The Labute approximate surface area is 147 Å². The number of hydrogen-bond donors (Lipinski definition) is 1. The van der Waals surface area contributed by atoms with E-state index in [0.717, 1.165) is 12.8 Å². The fourth-order valence-electron chi connectivity index (χ4n) is 2.72. The smallest absolute Gasteiger partial charge is 0.348 e. The highest BCUT2D eigenvalue weighted by molar-refractivity contribution is 6.30. The average Bonchev–Trinajstić information content (AvgIpc) is 2.99. The van der Waals surface area contributed by atoms with Gasteiger partial charge in [0.05, 0.1) is 5.02 Å².